The quantitative estimate of drug-likeness (QED) is 0.612. The van der Waals surface area contributed by atoms with E-state index in [1.165, 1.54) is 0 Å². The predicted molar refractivity (Wildman–Crippen MR) is 70.4 cm³/mol. The molecule has 0 radical (unpaired) electrons. The molecule has 2 unspecified atom stereocenters. The van der Waals surface area contributed by atoms with E-state index in [0.717, 1.165) is 19.3 Å². The molecule has 0 spiro atoms. The maximum absolute atomic E-state index is 11.8. The minimum absolute atomic E-state index is 0.0596. The molecular formula is C11H23N3O3S. The molecule has 1 fully saturated rings. The molecular weight excluding hydrogens is 254 g/mol. The van der Waals surface area contributed by atoms with Crippen molar-refractivity contribution in [3.05, 3.63) is 0 Å². The first-order valence-corrected chi connectivity index (χ1v) is 8.10. The molecule has 0 saturated heterocycles. The van der Waals surface area contributed by atoms with Gasteiger partial charge in [-0.1, -0.05) is 13.3 Å². The largest absolute Gasteiger partial charge is 0.355 e. The summed E-state index contributed by atoms with van der Waals surface area (Å²) < 4.78 is 25.1. The van der Waals surface area contributed by atoms with Crippen LogP contribution in [0.4, 0.5) is 0 Å². The van der Waals surface area contributed by atoms with Crippen molar-refractivity contribution >= 4 is 15.9 Å². The highest BCUT2D eigenvalue weighted by Gasteiger charge is 2.25. The second-order valence-electron chi connectivity index (χ2n) is 4.73. The number of carbonyl (C=O) groups excluding carboxylic acids is 1. The van der Waals surface area contributed by atoms with Gasteiger partial charge in [0.15, 0.2) is 0 Å². The Morgan fingerprint density at radius 1 is 1.39 bits per heavy atom. The first kappa shape index (κ1) is 15.4. The normalized spacial score (nSPS) is 24.8. The summed E-state index contributed by atoms with van der Waals surface area (Å²) in [6.07, 6.45) is 3.48. The van der Waals surface area contributed by atoms with E-state index < -0.39 is 10.0 Å². The van der Waals surface area contributed by atoms with E-state index in [0.29, 0.717) is 13.0 Å². The molecule has 6 nitrogen and oxygen atoms in total. The lowest BCUT2D eigenvalue weighted by Gasteiger charge is -2.25. The average molecular weight is 277 g/mol. The zero-order valence-electron chi connectivity index (χ0n) is 10.8. The number of sulfonamides is 1. The number of hydrogen-bond donors (Lipinski definition) is 3. The molecule has 0 bridgehead atoms. The molecule has 1 rings (SSSR count). The number of hydrogen-bond acceptors (Lipinski definition) is 4. The summed E-state index contributed by atoms with van der Waals surface area (Å²) in [4.78, 5) is 11.8. The number of carbonyl (C=O) groups is 1. The Bertz CT molecular complexity index is 370. The van der Waals surface area contributed by atoms with Crippen LogP contribution in [0.25, 0.3) is 0 Å². The van der Waals surface area contributed by atoms with Gasteiger partial charge in [0.1, 0.15) is 0 Å². The highest BCUT2D eigenvalue weighted by molar-refractivity contribution is 7.89. The Kier molecular flexibility index (Phi) is 6.04. The summed E-state index contributed by atoms with van der Waals surface area (Å²) in [7, 11) is -3.26. The van der Waals surface area contributed by atoms with Crippen LogP contribution in [0.15, 0.2) is 0 Å². The predicted octanol–water partition coefficient (Wildman–Crippen LogP) is -0.441. The topological polar surface area (TPSA) is 101 Å². The van der Waals surface area contributed by atoms with E-state index >= 15 is 0 Å². The Hall–Kier alpha value is -0.660. The molecule has 0 aromatic rings. The lowest BCUT2D eigenvalue weighted by atomic mass is 9.85. The van der Waals surface area contributed by atoms with Crippen LogP contribution in [0.2, 0.25) is 0 Å². The van der Waals surface area contributed by atoms with Gasteiger partial charge >= 0.3 is 0 Å². The second-order valence-corrected chi connectivity index (χ2v) is 6.66. The number of nitrogens with one attached hydrogen (secondary N) is 2. The van der Waals surface area contributed by atoms with Crippen LogP contribution in [-0.2, 0) is 14.8 Å². The molecule has 18 heavy (non-hydrogen) atoms. The number of nitrogens with two attached hydrogens (primary N) is 1. The van der Waals surface area contributed by atoms with Crippen LogP contribution in [-0.4, -0.2) is 39.2 Å². The van der Waals surface area contributed by atoms with E-state index in [1.807, 2.05) is 0 Å². The third-order valence-corrected chi connectivity index (χ3v) is 4.59. The second kappa shape index (κ2) is 7.06. The minimum atomic E-state index is -3.26. The van der Waals surface area contributed by atoms with Crippen molar-refractivity contribution < 1.29 is 13.2 Å². The Balaban J connectivity index is 2.29. The molecule has 0 aliphatic heterocycles. The molecule has 2 atom stereocenters. The van der Waals surface area contributed by atoms with Crippen LogP contribution in [0.5, 0.6) is 0 Å². The van der Waals surface area contributed by atoms with Crippen molar-refractivity contribution in [2.24, 2.45) is 11.7 Å². The third-order valence-electron chi connectivity index (χ3n) is 3.12. The highest BCUT2D eigenvalue weighted by atomic mass is 32.2. The smallest absolute Gasteiger partial charge is 0.223 e. The van der Waals surface area contributed by atoms with Crippen molar-refractivity contribution in [3.63, 3.8) is 0 Å². The zero-order valence-corrected chi connectivity index (χ0v) is 11.6. The van der Waals surface area contributed by atoms with Crippen molar-refractivity contribution in [1.82, 2.24) is 10.0 Å². The van der Waals surface area contributed by atoms with E-state index in [-0.39, 0.29) is 30.2 Å². The molecule has 0 aromatic heterocycles. The summed E-state index contributed by atoms with van der Waals surface area (Å²) in [5, 5.41) is 2.67. The van der Waals surface area contributed by atoms with Crippen molar-refractivity contribution in [2.75, 3.05) is 18.8 Å². The zero-order chi connectivity index (χ0) is 13.6. The fraction of sp³-hybridized carbons (Fsp3) is 0.909. The van der Waals surface area contributed by atoms with E-state index in [1.54, 1.807) is 6.92 Å². The number of amides is 1. The standard InChI is InChI=1S/C11H23N3O3S/c1-2-14-18(16,17)7-6-13-11(15)9-4-3-5-10(12)8-9/h9-10,14H,2-8,12H2,1H3,(H,13,15). The maximum atomic E-state index is 11.8. The first-order chi connectivity index (χ1) is 8.44. The Labute approximate surface area is 109 Å². The van der Waals surface area contributed by atoms with Gasteiger partial charge in [-0.05, 0) is 19.3 Å². The van der Waals surface area contributed by atoms with Crippen LogP contribution in [0.1, 0.15) is 32.6 Å². The molecule has 4 N–H and O–H groups in total. The van der Waals surface area contributed by atoms with E-state index in [2.05, 4.69) is 10.0 Å². The van der Waals surface area contributed by atoms with Gasteiger partial charge in [-0.3, -0.25) is 4.79 Å². The lowest BCUT2D eigenvalue weighted by Crippen LogP contribution is -2.40. The minimum Gasteiger partial charge on any atom is -0.355 e. The van der Waals surface area contributed by atoms with Crippen molar-refractivity contribution in [2.45, 2.75) is 38.6 Å². The highest BCUT2D eigenvalue weighted by Crippen LogP contribution is 2.22. The monoisotopic (exact) mass is 277 g/mol. The van der Waals surface area contributed by atoms with Gasteiger partial charge in [0.25, 0.3) is 0 Å². The molecule has 0 aromatic carbocycles. The summed E-state index contributed by atoms with van der Waals surface area (Å²) in [5.41, 5.74) is 5.81. The van der Waals surface area contributed by atoms with Crippen molar-refractivity contribution in [1.29, 1.82) is 0 Å². The van der Waals surface area contributed by atoms with Gasteiger partial charge in [-0.15, -0.1) is 0 Å². The fourth-order valence-corrected chi connectivity index (χ4v) is 3.17. The summed E-state index contributed by atoms with van der Waals surface area (Å²) in [6.45, 7) is 2.24. The molecule has 1 aliphatic carbocycles. The van der Waals surface area contributed by atoms with E-state index in [9.17, 15) is 13.2 Å². The van der Waals surface area contributed by atoms with Gasteiger partial charge in [0.2, 0.25) is 15.9 Å². The summed E-state index contributed by atoms with van der Waals surface area (Å²) in [5.74, 6) is -0.210. The van der Waals surface area contributed by atoms with Gasteiger partial charge in [0, 0.05) is 25.0 Å². The summed E-state index contributed by atoms with van der Waals surface area (Å²) >= 11 is 0. The van der Waals surface area contributed by atoms with Gasteiger partial charge in [0.05, 0.1) is 5.75 Å². The van der Waals surface area contributed by atoms with Gasteiger partial charge in [-0.2, -0.15) is 0 Å². The Morgan fingerprint density at radius 3 is 2.72 bits per heavy atom. The van der Waals surface area contributed by atoms with Gasteiger partial charge in [-0.25, -0.2) is 13.1 Å². The first-order valence-electron chi connectivity index (χ1n) is 6.45. The molecule has 1 aliphatic rings. The van der Waals surface area contributed by atoms with Crippen molar-refractivity contribution in [3.8, 4) is 0 Å². The molecule has 7 heteroatoms. The van der Waals surface area contributed by atoms with Crippen LogP contribution in [0.3, 0.4) is 0 Å². The summed E-state index contributed by atoms with van der Waals surface area (Å²) in [6, 6.07) is 0.0972. The van der Waals surface area contributed by atoms with Crippen LogP contribution >= 0.6 is 0 Å². The molecule has 0 heterocycles. The van der Waals surface area contributed by atoms with Crippen LogP contribution in [0, 0.1) is 5.92 Å². The van der Waals surface area contributed by atoms with Gasteiger partial charge < -0.3 is 11.1 Å². The average Bonchev–Trinajstić information content (AvgIpc) is 2.28. The SMILES string of the molecule is CCNS(=O)(=O)CCNC(=O)C1CCCC(N)C1. The molecule has 1 saturated carbocycles. The Morgan fingerprint density at radius 2 is 2.11 bits per heavy atom. The lowest BCUT2D eigenvalue weighted by molar-refractivity contribution is -0.125. The fourth-order valence-electron chi connectivity index (χ4n) is 2.21. The maximum Gasteiger partial charge on any atom is 0.223 e. The molecule has 106 valence electrons. The number of rotatable bonds is 6. The third kappa shape index (κ3) is 5.32. The van der Waals surface area contributed by atoms with E-state index in [4.69, 9.17) is 5.73 Å². The van der Waals surface area contributed by atoms with Crippen LogP contribution < -0.4 is 15.8 Å². The molecule has 1 amide bonds.